The first kappa shape index (κ1) is 14.6. The number of carbonyl (C=O) groups excluding carboxylic acids is 1. The van der Waals surface area contributed by atoms with Crippen molar-refractivity contribution in [3.63, 3.8) is 0 Å². The molecule has 3 nitrogen and oxygen atoms in total. The van der Waals surface area contributed by atoms with Gasteiger partial charge in [0.05, 0.1) is 11.6 Å². The van der Waals surface area contributed by atoms with Crippen molar-refractivity contribution >= 4 is 5.78 Å². The molecule has 1 aliphatic rings. The fourth-order valence-electron chi connectivity index (χ4n) is 2.42. The maximum absolute atomic E-state index is 12.7. The van der Waals surface area contributed by atoms with Gasteiger partial charge in [0.25, 0.3) is 0 Å². The predicted octanol–water partition coefficient (Wildman–Crippen LogP) is 2.84. The summed E-state index contributed by atoms with van der Waals surface area (Å²) in [5, 5.41) is 12.3. The van der Waals surface area contributed by atoms with Crippen LogP contribution < -0.4 is 5.32 Å². The zero-order chi connectivity index (χ0) is 14.9. The van der Waals surface area contributed by atoms with E-state index in [2.05, 4.69) is 5.32 Å². The van der Waals surface area contributed by atoms with Crippen LogP contribution in [0.1, 0.15) is 24.1 Å². The van der Waals surface area contributed by atoms with E-state index in [1.54, 1.807) is 18.2 Å². The van der Waals surface area contributed by atoms with Crippen LogP contribution in [0.25, 0.3) is 0 Å². The van der Waals surface area contributed by atoms with Crippen LogP contribution in [0.5, 0.6) is 0 Å². The molecule has 0 bridgehead atoms. The number of ketones is 1. The largest absolute Gasteiger partial charge is 0.504 e. The van der Waals surface area contributed by atoms with E-state index in [1.807, 2.05) is 6.07 Å². The first-order valence-electron chi connectivity index (χ1n) is 6.15. The zero-order valence-electron chi connectivity index (χ0n) is 10.8. The second-order valence-corrected chi connectivity index (χ2v) is 4.65. The van der Waals surface area contributed by atoms with Gasteiger partial charge in [0.2, 0.25) is 5.76 Å². The molecule has 0 radical (unpaired) electrons. The summed E-state index contributed by atoms with van der Waals surface area (Å²) in [6, 6.07) is 6.03. The molecule has 108 valence electrons. The maximum Gasteiger partial charge on any atom is 0.449 e. The molecule has 1 aromatic carbocycles. The Morgan fingerprint density at radius 3 is 2.60 bits per heavy atom. The van der Waals surface area contributed by atoms with E-state index >= 15 is 0 Å². The second-order valence-electron chi connectivity index (χ2n) is 4.65. The smallest absolute Gasteiger partial charge is 0.449 e. The highest BCUT2D eigenvalue weighted by atomic mass is 19.4. The highest BCUT2D eigenvalue weighted by Crippen LogP contribution is 2.35. The minimum absolute atomic E-state index is 0.448. The molecule has 6 heteroatoms. The average Bonchev–Trinajstić information content (AvgIpc) is 2.37. The summed E-state index contributed by atoms with van der Waals surface area (Å²) >= 11 is 0. The summed E-state index contributed by atoms with van der Waals surface area (Å²) in [5.74, 6) is -2.62. The van der Waals surface area contributed by atoms with E-state index in [4.69, 9.17) is 0 Å². The van der Waals surface area contributed by atoms with Gasteiger partial charge in [-0.05, 0) is 24.5 Å². The van der Waals surface area contributed by atoms with Crippen LogP contribution in [0.4, 0.5) is 13.2 Å². The number of halogens is 3. The van der Waals surface area contributed by atoms with E-state index in [-0.39, 0.29) is 0 Å². The lowest BCUT2D eigenvalue weighted by molar-refractivity contribution is -0.127. The monoisotopic (exact) mass is 285 g/mol. The van der Waals surface area contributed by atoms with Crippen molar-refractivity contribution in [3.05, 3.63) is 46.7 Å². The van der Waals surface area contributed by atoms with Crippen LogP contribution in [-0.4, -0.2) is 23.6 Å². The molecule has 2 N–H and O–H groups in total. The van der Waals surface area contributed by atoms with E-state index in [9.17, 15) is 23.1 Å². The molecule has 0 amide bonds. The third kappa shape index (κ3) is 2.70. The topological polar surface area (TPSA) is 49.3 Å². The third-order valence-corrected chi connectivity index (χ3v) is 3.30. The number of nitrogens with one attached hydrogen (secondary N) is 1. The number of fused-ring (bicyclic) bond motifs is 1. The molecule has 0 spiro atoms. The lowest BCUT2D eigenvalue weighted by atomic mass is 9.87. The van der Waals surface area contributed by atoms with Crippen molar-refractivity contribution in [2.45, 2.75) is 25.6 Å². The van der Waals surface area contributed by atoms with Gasteiger partial charge in [-0.3, -0.25) is 4.79 Å². The van der Waals surface area contributed by atoms with Crippen molar-refractivity contribution in [1.29, 1.82) is 0 Å². The standard InChI is InChI=1S/C14H14F3NO2/c1-8(19)11(13(20)14(15,16)17)12-10-5-3-2-4-9(10)6-7-18-12/h2-5,12,18,20H,6-7H2,1H3/t12-/m0/s1. The Hall–Kier alpha value is -1.82. The molecule has 1 atom stereocenters. The molecular formula is C14H14F3NO2. The minimum Gasteiger partial charge on any atom is -0.504 e. The van der Waals surface area contributed by atoms with E-state index < -0.39 is 29.3 Å². The first-order chi connectivity index (χ1) is 9.32. The summed E-state index contributed by atoms with van der Waals surface area (Å²) in [6.07, 6.45) is -4.26. The van der Waals surface area contributed by atoms with Gasteiger partial charge >= 0.3 is 6.18 Å². The molecule has 0 unspecified atom stereocenters. The normalized spacial score (nSPS) is 20.1. The number of aliphatic hydroxyl groups excluding tert-OH is 1. The highest BCUT2D eigenvalue weighted by Gasteiger charge is 2.41. The van der Waals surface area contributed by atoms with Crippen LogP contribution in [0.3, 0.4) is 0 Å². The van der Waals surface area contributed by atoms with Crippen molar-refractivity contribution in [1.82, 2.24) is 5.32 Å². The summed E-state index contributed by atoms with van der Waals surface area (Å²) < 4.78 is 38.1. The lowest BCUT2D eigenvalue weighted by Gasteiger charge is -2.28. The van der Waals surface area contributed by atoms with Crippen LogP contribution in [0.2, 0.25) is 0 Å². The number of aliphatic hydroxyl groups is 1. The van der Waals surface area contributed by atoms with Gasteiger partial charge in [-0.1, -0.05) is 24.3 Å². The highest BCUT2D eigenvalue weighted by molar-refractivity contribution is 5.95. The van der Waals surface area contributed by atoms with Crippen molar-refractivity contribution in [3.8, 4) is 0 Å². The molecule has 2 rings (SSSR count). The van der Waals surface area contributed by atoms with Crippen LogP contribution in [-0.2, 0) is 11.2 Å². The van der Waals surface area contributed by atoms with Crippen LogP contribution >= 0.6 is 0 Å². The lowest BCUT2D eigenvalue weighted by Crippen LogP contribution is -2.35. The van der Waals surface area contributed by atoms with Gasteiger partial charge in [-0.15, -0.1) is 0 Å². The molecule has 0 aliphatic carbocycles. The maximum atomic E-state index is 12.7. The van der Waals surface area contributed by atoms with E-state index in [0.29, 0.717) is 18.5 Å². The molecule has 0 saturated heterocycles. The van der Waals surface area contributed by atoms with E-state index in [0.717, 1.165) is 12.5 Å². The quantitative estimate of drug-likeness (QED) is 0.649. The van der Waals surface area contributed by atoms with Crippen molar-refractivity contribution in [2.24, 2.45) is 0 Å². The predicted molar refractivity (Wildman–Crippen MR) is 67.3 cm³/mol. The molecule has 20 heavy (non-hydrogen) atoms. The van der Waals surface area contributed by atoms with Crippen molar-refractivity contribution in [2.75, 3.05) is 6.54 Å². The van der Waals surface area contributed by atoms with Crippen LogP contribution in [0, 0.1) is 0 Å². The van der Waals surface area contributed by atoms with Gasteiger partial charge in [-0.25, -0.2) is 0 Å². The summed E-state index contributed by atoms with van der Waals surface area (Å²) in [4.78, 5) is 11.6. The number of benzene rings is 1. The number of rotatable bonds is 2. The Balaban J connectivity index is 2.56. The number of alkyl halides is 3. The van der Waals surface area contributed by atoms with Gasteiger partial charge in [0, 0.05) is 6.54 Å². The number of hydrogen-bond donors (Lipinski definition) is 2. The average molecular weight is 285 g/mol. The number of Topliss-reactive ketones (excluding diaryl/α,β-unsaturated/α-hetero) is 1. The summed E-state index contributed by atoms with van der Waals surface area (Å²) in [7, 11) is 0. The van der Waals surface area contributed by atoms with Gasteiger partial charge in [-0.2, -0.15) is 13.2 Å². The van der Waals surface area contributed by atoms with Gasteiger partial charge in [0.1, 0.15) is 0 Å². The molecular weight excluding hydrogens is 271 g/mol. The molecule has 1 heterocycles. The number of carbonyl (C=O) groups is 1. The molecule has 1 aromatic rings. The fraction of sp³-hybridized carbons (Fsp3) is 0.357. The van der Waals surface area contributed by atoms with Gasteiger partial charge in [0.15, 0.2) is 5.78 Å². The Labute approximate surface area is 114 Å². The first-order valence-corrected chi connectivity index (χ1v) is 6.15. The Bertz CT molecular complexity index is 564. The van der Waals surface area contributed by atoms with E-state index in [1.165, 1.54) is 0 Å². The van der Waals surface area contributed by atoms with Crippen molar-refractivity contribution < 1.29 is 23.1 Å². The minimum atomic E-state index is -4.94. The Kier molecular flexibility index (Phi) is 3.85. The number of allylic oxidation sites excluding steroid dienone is 1. The van der Waals surface area contributed by atoms with Gasteiger partial charge < -0.3 is 10.4 Å². The zero-order valence-corrected chi connectivity index (χ0v) is 10.8. The SMILES string of the molecule is CC(=O)C(=C(O)C(F)(F)F)[C@H]1NCCc2ccccc21. The molecule has 1 aliphatic heterocycles. The third-order valence-electron chi connectivity index (χ3n) is 3.30. The molecule has 0 saturated carbocycles. The summed E-state index contributed by atoms with van der Waals surface area (Å²) in [5.41, 5.74) is 0.842. The second kappa shape index (κ2) is 5.28. The Morgan fingerprint density at radius 1 is 1.35 bits per heavy atom. The molecule has 0 fully saturated rings. The van der Waals surface area contributed by atoms with Crippen LogP contribution in [0.15, 0.2) is 35.6 Å². The molecule has 0 aromatic heterocycles. The Morgan fingerprint density at radius 2 is 2.00 bits per heavy atom. The summed E-state index contributed by atoms with van der Waals surface area (Å²) in [6.45, 7) is 1.47. The number of hydrogen-bond acceptors (Lipinski definition) is 3. The fourth-order valence-corrected chi connectivity index (χ4v) is 2.42.